The molecule has 0 saturated carbocycles. The standard InChI is InChI=1S/C16H18N2O2S/c1-19-12-8-6-11(7-9-12)10-20-13-4-3-5-14(21-2)15(13)16(17)18/h3-9H,10H2,1-2H3,(H3,17,18). The molecule has 2 rings (SSSR count). The van der Waals surface area contributed by atoms with Gasteiger partial charge in [-0.2, -0.15) is 0 Å². The van der Waals surface area contributed by atoms with Crippen molar-refractivity contribution < 1.29 is 9.47 Å². The molecule has 0 heterocycles. The van der Waals surface area contributed by atoms with Crippen LogP contribution in [0.25, 0.3) is 0 Å². The molecule has 110 valence electrons. The Bertz CT molecular complexity index is 627. The molecule has 0 atom stereocenters. The quantitative estimate of drug-likeness (QED) is 0.488. The number of nitrogens with two attached hydrogens (primary N) is 1. The molecule has 0 amide bonds. The molecule has 0 aromatic heterocycles. The van der Waals surface area contributed by atoms with Crippen LogP contribution in [-0.4, -0.2) is 19.2 Å². The van der Waals surface area contributed by atoms with E-state index < -0.39 is 0 Å². The van der Waals surface area contributed by atoms with Crippen molar-refractivity contribution in [2.24, 2.45) is 5.73 Å². The number of hydrogen-bond donors (Lipinski definition) is 2. The maximum atomic E-state index is 7.72. The van der Waals surface area contributed by atoms with Gasteiger partial charge < -0.3 is 15.2 Å². The Morgan fingerprint density at radius 1 is 1.19 bits per heavy atom. The zero-order valence-corrected chi connectivity index (χ0v) is 12.9. The van der Waals surface area contributed by atoms with Crippen LogP contribution in [0.1, 0.15) is 11.1 Å². The van der Waals surface area contributed by atoms with Crippen molar-refractivity contribution in [1.29, 1.82) is 5.41 Å². The Kier molecular flexibility index (Phi) is 5.11. The highest BCUT2D eigenvalue weighted by atomic mass is 32.2. The lowest BCUT2D eigenvalue weighted by molar-refractivity contribution is 0.304. The van der Waals surface area contributed by atoms with E-state index in [9.17, 15) is 0 Å². The molecular weight excluding hydrogens is 284 g/mol. The third kappa shape index (κ3) is 3.70. The summed E-state index contributed by atoms with van der Waals surface area (Å²) < 4.78 is 11.0. The van der Waals surface area contributed by atoms with E-state index in [4.69, 9.17) is 20.6 Å². The lowest BCUT2D eigenvalue weighted by Gasteiger charge is -2.13. The second-order valence-electron chi connectivity index (χ2n) is 4.38. The van der Waals surface area contributed by atoms with Gasteiger partial charge in [0.25, 0.3) is 0 Å². The first kappa shape index (κ1) is 15.3. The molecule has 5 heteroatoms. The van der Waals surface area contributed by atoms with Gasteiger partial charge in [-0.1, -0.05) is 18.2 Å². The fourth-order valence-electron chi connectivity index (χ4n) is 1.95. The van der Waals surface area contributed by atoms with Gasteiger partial charge in [0.15, 0.2) is 0 Å². The molecule has 0 spiro atoms. The normalized spacial score (nSPS) is 10.2. The number of nitrogen functional groups attached to an aromatic ring is 1. The second kappa shape index (κ2) is 7.04. The van der Waals surface area contributed by atoms with E-state index in [1.165, 1.54) is 0 Å². The summed E-state index contributed by atoms with van der Waals surface area (Å²) in [6, 6.07) is 13.4. The van der Waals surface area contributed by atoms with Crippen LogP contribution in [-0.2, 0) is 6.61 Å². The lowest BCUT2D eigenvalue weighted by Crippen LogP contribution is -2.14. The van der Waals surface area contributed by atoms with Gasteiger partial charge in [-0.25, -0.2) is 0 Å². The van der Waals surface area contributed by atoms with E-state index in [0.717, 1.165) is 16.2 Å². The van der Waals surface area contributed by atoms with Crippen LogP contribution < -0.4 is 15.2 Å². The van der Waals surface area contributed by atoms with E-state index in [-0.39, 0.29) is 5.84 Å². The number of amidine groups is 1. The third-order valence-corrected chi connectivity index (χ3v) is 3.81. The van der Waals surface area contributed by atoms with Gasteiger partial charge >= 0.3 is 0 Å². The highest BCUT2D eigenvalue weighted by molar-refractivity contribution is 7.98. The third-order valence-electron chi connectivity index (χ3n) is 3.03. The van der Waals surface area contributed by atoms with Crippen LogP contribution in [0.15, 0.2) is 47.4 Å². The van der Waals surface area contributed by atoms with E-state index in [1.54, 1.807) is 18.9 Å². The molecule has 0 saturated heterocycles. The number of ether oxygens (including phenoxy) is 2. The maximum absolute atomic E-state index is 7.72. The van der Waals surface area contributed by atoms with Crippen LogP contribution in [0.5, 0.6) is 11.5 Å². The van der Waals surface area contributed by atoms with E-state index in [2.05, 4.69) is 0 Å². The molecule has 4 nitrogen and oxygen atoms in total. The number of rotatable bonds is 6. The highest BCUT2D eigenvalue weighted by Gasteiger charge is 2.12. The van der Waals surface area contributed by atoms with E-state index in [0.29, 0.717) is 17.9 Å². The van der Waals surface area contributed by atoms with Crippen molar-refractivity contribution in [3.63, 3.8) is 0 Å². The Morgan fingerprint density at radius 3 is 2.48 bits per heavy atom. The van der Waals surface area contributed by atoms with Gasteiger partial charge in [-0.3, -0.25) is 5.41 Å². The number of thioether (sulfide) groups is 1. The van der Waals surface area contributed by atoms with Crippen molar-refractivity contribution in [3.05, 3.63) is 53.6 Å². The minimum absolute atomic E-state index is 0.0182. The Balaban J connectivity index is 2.17. The summed E-state index contributed by atoms with van der Waals surface area (Å²) in [6.07, 6.45) is 1.95. The molecule has 2 aromatic rings. The predicted octanol–water partition coefficient (Wildman–Crippen LogP) is 3.28. The largest absolute Gasteiger partial charge is 0.497 e. The smallest absolute Gasteiger partial charge is 0.131 e. The molecule has 3 N–H and O–H groups in total. The summed E-state index contributed by atoms with van der Waals surface area (Å²) in [7, 11) is 1.64. The first-order valence-corrected chi connectivity index (χ1v) is 7.65. The van der Waals surface area contributed by atoms with Crippen LogP contribution in [0, 0.1) is 5.41 Å². The predicted molar refractivity (Wildman–Crippen MR) is 86.6 cm³/mol. The number of hydrogen-bond acceptors (Lipinski definition) is 4. The zero-order valence-electron chi connectivity index (χ0n) is 12.1. The molecular formula is C16H18N2O2S. The summed E-state index contributed by atoms with van der Waals surface area (Å²) in [4.78, 5) is 0.940. The molecule has 0 radical (unpaired) electrons. The van der Waals surface area contributed by atoms with Crippen molar-refractivity contribution in [2.45, 2.75) is 11.5 Å². The molecule has 0 aliphatic rings. The van der Waals surface area contributed by atoms with Crippen molar-refractivity contribution in [3.8, 4) is 11.5 Å². The van der Waals surface area contributed by atoms with Crippen molar-refractivity contribution in [1.82, 2.24) is 0 Å². The van der Waals surface area contributed by atoms with Crippen LogP contribution >= 0.6 is 11.8 Å². The molecule has 2 aromatic carbocycles. The monoisotopic (exact) mass is 302 g/mol. The van der Waals surface area contributed by atoms with Gasteiger partial charge in [-0.05, 0) is 36.1 Å². The summed E-state index contributed by atoms with van der Waals surface area (Å²) >= 11 is 1.55. The topological polar surface area (TPSA) is 68.3 Å². The van der Waals surface area contributed by atoms with Gasteiger partial charge in [0.05, 0.1) is 12.7 Å². The molecule has 21 heavy (non-hydrogen) atoms. The highest BCUT2D eigenvalue weighted by Crippen LogP contribution is 2.29. The average Bonchev–Trinajstić information content (AvgIpc) is 2.52. The van der Waals surface area contributed by atoms with Crippen molar-refractivity contribution >= 4 is 17.6 Å². The lowest BCUT2D eigenvalue weighted by atomic mass is 10.2. The minimum atomic E-state index is 0.0182. The van der Waals surface area contributed by atoms with E-state index in [1.807, 2.05) is 48.7 Å². The van der Waals surface area contributed by atoms with Gasteiger partial charge in [0.1, 0.15) is 23.9 Å². The minimum Gasteiger partial charge on any atom is -0.497 e. The fourth-order valence-corrected chi connectivity index (χ4v) is 2.58. The van der Waals surface area contributed by atoms with Crippen molar-refractivity contribution in [2.75, 3.05) is 13.4 Å². The van der Waals surface area contributed by atoms with Crippen LogP contribution in [0.4, 0.5) is 0 Å². The Labute approximate surface area is 128 Å². The summed E-state index contributed by atoms with van der Waals surface area (Å²) in [5.41, 5.74) is 7.35. The first-order chi connectivity index (χ1) is 10.2. The SMILES string of the molecule is COc1ccc(COc2cccc(SC)c2C(=N)N)cc1. The summed E-state index contributed by atoms with van der Waals surface area (Å²) in [5, 5.41) is 7.72. The maximum Gasteiger partial charge on any atom is 0.131 e. The molecule has 0 fully saturated rings. The average molecular weight is 302 g/mol. The Hall–Kier alpha value is -2.14. The van der Waals surface area contributed by atoms with Crippen LogP contribution in [0.2, 0.25) is 0 Å². The van der Waals surface area contributed by atoms with Gasteiger partial charge in [-0.15, -0.1) is 11.8 Å². The first-order valence-electron chi connectivity index (χ1n) is 6.43. The number of nitrogens with one attached hydrogen (secondary N) is 1. The molecule has 0 aliphatic carbocycles. The van der Waals surface area contributed by atoms with Gasteiger partial charge in [0.2, 0.25) is 0 Å². The number of methoxy groups -OCH3 is 1. The van der Waals surface area contributed by atoms with E-state index >= 15 is 0 Å². The Morgan fingerprint density at radius 2 is 1.90 bits per heavy atom. The van der Waals surface area contributed by atoms with Crippen LogP contribution in [0.3, 0.4) is 0 Å². The van der Waals surface area contributed by atoms with Gasteiger partial charge in [0, 0.05) is 4.90 Å². The molecule has 0 aliphatic heterocycles. The number of benzene rings is 2. The second-order valence-corrected chi connectivity index (χ2v) is 5.23. The zero-order chi connectivity index (χ0) is 15.2. The summed E-state index contributed by atoms with van der Waals surface area (Å²) in [6.45, 7) is 0.419. The summed E-state index contributed by atoms with van der Waals surface area (Å²) in [5.74, 6) is 1.46. The molecule has 0 bridgehead atoms. The fraction of sp³-hybridized carbons (Fsp3) is 0.188. The molecule has 0 unspecified atom stereocenters.